The molecule has 0 saturated heterocycles. The number of benzene rings is 1. The van der Waals surface area contributed by atoms with E-state index in [1.807, 2.05) is 24.3 Å². The Labute approximate surface area is 129 Å². The Morgan fingerprint density at radius 2 is 2.05 bits per heavy atom. The zero-order valence-electron chi connectivity index (χ0n) is 11.0. The number of hydrogen-bond acceptors (Lipinski definition) is 4. The highest BCUT2D eigenvalue weighted by molar-refractivity contribution is 9.10. The van der Waals surface area contributed by atoms with Crippen LogP contribution >= 0.6 is 27.7 Å². The normalized spacial score (nSPS) is 10.8. The monoisotopic (exact) mass is 354 g/mol. The Kier molecular flexibility index (Phi) is 5.39. The van der Waals surface area contributed by atoms with E-state index in [2.05, 4.69) is 25.9 Å². The fourth-order valence-corrected chi connectivity index (χ4v) is 2.92. The molecule has 2 N–H and O–H groups in total. The van der Waals surface area contributed by atoms with Crippen LogP contribution in [0.5, 0.6) is 0 Å². The molecule has 6 heteroatoms. The zero-order chi connectivity index (χ0) is 14.5. The molecule has 0 radical (unpaired) electrons. The number of aromatic amines is 1. The Balaban J connectivity index is 2.10. The van der Waals surface area contributed by atoms with Gasteiger partial charge in [-0.2, -0.15) is 0 Å². The summed E-state index contributed by atoms with van der Waals surface area (Å²) in [7, 11) is 0. The van der Waals surface area contributed by atoms with Gasteiger partial charge in [-0.05, 0) is 24.6 Å². The summed E-state index contributed by atoms with van der Waals surface area (Å²) in [6.45, 7) is 1.75. The van der Waals surface area contributed by atoms with Gasteiger partial charge in [-0.15, -0.1) is 0 Å². The first-order valence-electron chi connectivity index (χ1n) is 6.18. The number of nitrogens with one attached hydrogen (secondary N) is 1. The van der Waals surface area contributed by atoms with E-state index in [0.717, 1.165) is 15.8 Å². The maximum absolute atomic E-state index is 11.9. The Morgan fingerprint density at radius 3 is 2.65 bits per heavy atom. The van der Waals surface area contributed by atoms with E-state index < -0.39 is 0 Å². The third-order valence-electron chi connectivity index (χ3n) is 2.85. The van der Waals surface area contributed by atoms with Crippen LogP contribution in [0, 0.1) is 6.92 Å². The molecule has 0 aliphatic rings. The van der Waals surface area contributed by atoms with Crippen LogP contribution in [0.3, 0.4) is 0 Å². The van der Waals surface area contributed by atoms with Crippen LogP contribution in [0.4, 0.5) is 0 Å². The number of hydrogen-bond donors (Lipinski definition) is 2. The lowest BCUT2D eigenvalue weighted by Gasteiger charge is -2.06. The summed E-state index contributed by atoms with van der Waals surface area (Å²) in [5.74, 6) is 0.745. The molecular weight excluding hydrogens is 340 g/mol. The third-order valence-corrected chi connectivity index (χ3v) is 4.32. The first-order chi connectivity index (χ1) is 9.60. The standard InChI is InChI=1S/C14H15BrN2O2S/c1-9-12(6-7-18)13(19)17-14(16-9)20-8-10-2-4-11(15)5-3-10/h2-5,18H,6-8H2,1H3,(H,16,17,19). The molecule has 0 amide bonds. The van der Waals surface area contributed by atoms with Crippen LogP contribution < -0.4 is 5.56 Å². The van der Waals surface area contributed by atoms with E-state index in [1.165, 1.54) is 11.8 Å². The first kappa shape index (κ1) is 15.3. The number of aliphatic hydroxyl groups excluding tert-OH is 1. The second-order valence-corrected chi connectivity index (χ2v) is 6.20. The van der Waals surface area contributed by atoms with Gasteiger partial charge in [0.25, 0.3) is 5.56 Å². The highest BCUT2D eigenvalue weighted by atomic mass is 79.9. The van der Waals surface area contributed by atoms with E-state index in [4.69, 9.17) is 5.11 Å². The highest BCUT2D eigenvalue weighted by Crippen LogP contribution is 2.20. The summed E-state index contributed by atoms with van der Waals surface area (Å²) in [5, 5.41) is 9.53. The molecular formula is C14H15BrN2O2S. The second kappa shape index (κ2) is 7.06. The van der Waals surface area contributed by atoms with Gasteiger partial charge in [-0.1, -0.05) is 39.8 Å². The molecule has 2 aromatic rings. The van der Waals surface area contributed by atoms with Crippen LogP contribution in [0.1, 0.15) is 16.8 Å². The van der Waals surface area contributed by atoms with Crippen molar-refractivity contribution in [1.29, 1.82) is 0 Å². The lowest BCUT2D eigenvalue weighted by molar-refractivity contribution is 0.298. The smallest absolute Gasteiger partial charge is 0.255 e. The Bertz CT molecular complexity index is 641. The molecule has 1 heterocycles. The predicted molar refractivity (Wildman–Crippen MR) is 84.1 cm³/mol. The van der Waals surface area contributed by atoms with Gasteiger partial charge < -0.3 is 10.1 Å². The van der Waals surface area contributed by atoms with Gasteiger partial charge in [0, 0.05) is 34.5 Å². The van der Waals surface area contributed by atoms with Crippen molar-refractivity contribution in [2.24, 2.45) is 0 Å². The van der Waals surface area contributed by atoms with Crippen molar-refractivity contribution in [3.8, 4) is 0 Å². The van der Waals surface area contributed by atoms with Crippen LogP contribution in [-0.4, -0.2) is 21.7 Å². The molecule has 0 atom stereocenters. The molecule has 4 nitrogen and oxygen atoms in total. The molecule has 1 aromatic heterocycles. The average molecular weight is 355 g/mol. The number of halogens is 1. The minimum Gasteiger partial charge on any atom is -0.396 e. The van der Waals surface area contributed by atoms with Crippen molar-refractivity contribution in [1.82, 2.24) is 9.97 Å². The van der Waals surface area contributed by atoms with Crippen molar-refractivity contribution in [2.45, 2.75) is 24.3 Å². The average Bonchev–Trinajstić information content (AvgIpc) is 2.42. The SMILES string of the molecule is Cc1nc(SCc2ccc(Br)cc2)[nH]c(=O)c1CCO. The van der Waals surface area contributed by atoms with E-state index in [-0.39, 0.29) is 12.2 Å². The fraction of sp³-hybridized carbons (Fsp3) is 0.286. The fourth-order valence-electron chi connectivity index (χ4n) is 1.79. The Hall–Kier alpha value is -1.11. The van der Waals surface area contributed by atoms with Gasteiger partial charge in [0.05, 0.1) is 0 Å². The molecule has 0 aliphatic heterocycles. The van der Waals surface area contributed by atoms with E-state index >= 15 is 0 Å². The van der Waals surface area contributed by atoms with Gasteiger partial charge in [0.15, 0.2) is 5.16 Å². The van der Waals surface area contributed by atoms with Crippen LogP contribution in [0.25, 0.3) is 0 Å². The molecule has 0 saturated carbocycles. The molecule has 0 bridgehead atoms. The largest absolute Gasteiger partial charge is 0.396 e. The molecule has 2 rings (SSSR count). The lowest BCUT2D eigenvalue weighted by atomic mass is 10.2. The van der Waals surface area contributed by atoms with Crippen molar-refractivity contribution in [3.05, 3.63) is 55.9 Å². The molecule has 0 unspecified atom stereocenters. The summed E-state index contributed by atoms with van der Waals surface area (Å²) in [5.41, 5.74) is 2.24. The first-order valence-corrected chi connectivity index (χ1v) is 7.96. The molecule has 20 heavy (non-hydrogen) atoms. The Morgan fingerprint density at radius 1 is 1.35 bits per heavy atom. The second-order valence-electron chi connectivity index (χ2n) is 4.32. The number of aliphatic hydroxyl groups is 1. The van der Waals surface area contributed by atoms with Crippen molar-refractivity contribution in [2.75, 3.05) is 6.61 Å². The van der Waals surface area contributed by atoms with E-state index in [9.17, 15) is 4.79 Å². The molecule has 0 spiro atoms. The molecule has 0 fully saturated rings. The van der Waals surface area contributed by atoms with Gasteiger partial charge in [-0.3, -0.25) is 4.79 Å². The topological polar surface area (TPSA) is 66.0 Å². The predicted octanol–water partition coefficient (Wildman–Crippen LogP) is 2.67. The minimum absolute atomic E-state index is 0.0447. The number of H-pyrrole nitrogens is 1. The number of aromatic nitrogens is 2. The number of rotatable bonds is 5. The van der Waals surface area contributed by atoms with E-state index in [1.54, 1.807) is 6.92 Å². The van der Waals surface area contributed by atoms with Crippen LogP contribution in [0.15, 0.2) is 38.7 Å². The van der Waals surface area contributed by atoms with Gasteiger partial charge in [0.2, 0.25) is 0 Å². The van der Waals surface area contributed by atoms with Crippen molar-refractivity contribution < 1.29 is 5.11 Å². The maximum Gasteiger partial charge on any atom is 0.255 e. The maximum atomic E-state index is 11.9. The molecule has 1 aromatic carbocycles. The summed E-state index contributed by atoms with van der Waals surface area (Å²) in [6.07, 6.45) is 0.339. The quantitative estimate of drug-likeness (QED) is 0.639. The summed E-state index contributed by atoms with van der Waals surface area (Å²) < 4.78 is 1.04. The third kappa shape index (κ3) is 3.94. The minimum atomic E-state index is -0.162. The van der Waals surface area contributed by atoms with Gasteiger partial charge in [-0.25, -0.2) is 4.98 Å². The molecule has 106 valence electrons. The van der Waals surface area contributed by atoms with Crippen LogP contribution in [0.2, 0.25) is 0 Å². The number of thioether (sulfide) groups is 1. The summed E-state index contributed by atoms with van der Waals surface area (Å²) in [6, 6.07) is 8.04. The number of nitrogens with zero attached hydrogens (tertiary/aromatic N) is 1. The van der Waals surface area contributed by atoms with Crippen LogP contribution in [-0.2, 0) is 12.2 Å². The zero-order valence-corrected chi connectivity index (χ0v) is 13.4. The van der Waals surface area contributed by atoms with Crippen molar-refractivity contribution >= 4 is 27.7 Å². The summed E-state index contributed by atoms with van der Waals surface area (Å²) in [4.78, 5) is 19.0. The number of aryl methyl sites for hydroxylation is 1. The van der Waals surface area contributed by atoms with E-state index in [0.29, 0.717) is 22.8 Å². The lowest BCUT2D eigenvalue weighted by Crippen LogP contribution is -2.18. The van der Waals surface area contributed by atoms with Gasteiger partial charge >= 0.3 is 0 Å². The molecule has 0 aliphatic carbocycles. The van der Waals surface area contributed by atoms with Crippen molar-refractivity contribution in [3.63, 3.8) is 0 Å². The van der Waals surface area contributed by atoms with Gasteiger partial charge in [0.1, 0.15) is 0 Å². The summed E-state index contributed by atoms with van der Waals surface area (Å²) >= 11 is 4.89. The highest BCUT2D eigenvalue weighted by Gasteiger charge is 2.08.